The van der Waals surface area contributed by atoms with Crippen molar-refractivity contribution in [3.05, 3.63) is 23.8 Å². The molecule has 0 aromatic heterocycles. The minimum atomic E-state index is -0.983. The summed E-state index contributed by atoms with van der Waals surface area (Å²) in [6, 6.07) is 5.08. The van der Waals surface area contributed by atoms with Gasteiger partial charge in [-0.15, -0.1) is 11.8 Å². The molecule has 0 unspecified atom stereocenters. The molecule has 3 N–H and O–H groups in total. The lowest BCUT2D eigenvalue weighted by molar-refractivity contribution is 0.0698. The molecule has 82 valence electrons. The van der Waals surface area contributed by atoms with Gasteiger partial charge in [0.15, 0.2) is 0 Å². The standard InChI is InChI=1S/C11H15NO2S/c1-11(2,3)15-8-6-4-5-7(9(8)12)10(13)14/h4-6H,12H2,1-3H3,(H,13,14). The molecular weight excluding hydrogens is 210 g/mol. The van der Waals surface area contributed by atoms with Crippen molar-refractivity contribution in [2.24, 2.45) is 0 Å². The van der Waals surface area contributed by atoms with Gasteiger partial charge in [-0.2, -0.15) is 0 Å². The number of hydrogen-bond acceptors (Lipinski definition) is 3. The maximum Gasteiger partial charge on any atom is 0.337 e. The van der Waals surface area contributed by atoms with Crippen molar-refractivity contribution < 1.29 is 9.90 Å². The molecule has 0 saturated carbocycles. The molecule has 1 rings (SSSR count). The Bertz CT molecular complexity index is 383. The highest BCUT2D eigenvalue weighted by atomic mass is 32.2. The summed E-state index contributed by atoms with van der Waals surface area (Å²) in [6.07, 6.45) is 0. The Morgan fingerprint density at radius 3 is 2.47 bits per heavy atom. The highest BCUT2D eigenvalue weighted by Gasteiger charge is 2.17. The highest BCUT2D eigenvalue weighted by molar-refractivity contribution is 8.00. The molecule has 0 aliphatic rings. The molecule has 0 atom stereocenters. The number of carboxylic acid groups (broad SMARTS) is 1. The zero-order chi connectivity index (χ0) is 11.6. The molecule has 0 radical (unpaired) electrons. The summed E-state index contributed by atoms with van der Waals surface area (Å²) in [7, 11) is 0. The van der Waals surface area contributed by atoms with Gasteiger partial charge in [0.2, 0.25) is 0 Å². The molecular formula is C11H15NO2S. The van der Waals surface area contributed by atoms with Crippen molar-refractivity contribution in [3.63, 3.8) is 0 Å². The molecule has 0 aliphatic heterocycles. The summed E-state index contributed by atoms with van der Waals surface area (Å²) in [4.78, 5) is 11.7. The number of nitrogens with two attached hydrogens (primary N) is 1. The third kappa shape index (κ3) is 3.16. The Morgan fingerprint density at radius 2 is 2.00 bits per heavy atom. The Kier molecular flexibility index (Phi) is 3.29. The fourth-order valence-corrected chi connectivity index (χ4v) is 2.18. The molecule has 15 heavy (non-hydrogen) atoms. The average Bonchev–Trinajstić information content (AvgIpc) is 2.05. The number of thioether (sulfide) groups is 1. The van der Waals surface area contributed by atoms with Crippen LogP contribution in [0.1, 0.15) is 31.1 Å². The number of rotatable bonds is 2. The summed E-state index contributed by atoms with van der Waals surface area (Å²) < 4.78 is 0.0191. The molecule has 0 fully saturated rings. The van der Waals surface area contributed by atoms with Gasteiger partial charge in [0, 0.05) is 9.64 Å². The number of nitrogen functional groups attached to an aromatic ring is 1. The predicted octanol–water partition coefficient (Wildman–Crippen LogP) is 2.86. The van der Waals surface area contributed by atoms with Gasteiger partial charge in [0.1, 0.15) is 0 Å². The van der Waals surface area contributed by atoms with E-state index >= 15 is 0 Å². The molecule has 0 saturated heterocycles. The summed E-state index contributed by atoms with van der Waals surface area (Å²) in [6.45, 7) is 6.18. The molecule has 0 amide bonds. The molecule has 1 aromatic carbocycles. The van der Waals surface area contributed by atoms with E-state index in [1.807, 2.05) is 6.07 Å². The van der Waals surface area contributed by atoms with Gasteiger partial charge >= 0.3 is 5.97 Å². The zero-order valence-electron chi connectivity index (χ0n) is 9.07. The average molecular weight is 225 g/mol. The quantitative estimate of drug-likeness (QED) is 0.600. The van der Waals surface area contributed by atoms with E-state index in [0.717, 1.165) is 4.90 Å². The lowest BCUT2D eigenvalue weighted by Gasteiger charge is -2.19. The van der Waals surface area contributed by atoms with Crippen LogP contribution < -0.4 is 5.73 Å². The molecule has 1 aromatic rings. The maximum atomic E-state index is 10.9. The second-order valence-corrected chi connectivity index (χ2v) is 6.11. The number of aromatic carboxylic acids is 1. The van der Waals surface area contributed by atoms with Crippen LogP contribution >= 0.6 is 11.8 Å². The van der Waals surface area contributed by atoms with Crippen LogP contribution in [0, 0.1) is 0 Å². The van der Waals surface area contributed by atoms with E-state index in [1.165, 1.54) is 6.07 Å². The minimum Gasteiger partial charge on any atom is -0.478 e. The predicted molar refractivity (Wildman–Crippen MR) is 63.4 cm³/mol. The smallest absolute Gasteiger partial charge is 0.337 e. The molecule has 0 aliphatic carbocycles. The van der Waals surface area contributed by atoms with Crippen LogP contribution in [0.25, 0.3) is 0 Å². The number of benzene rings is 1. The van der Waals surface area contributed by atoms with E-state index in [0.29, 0.717) is 5.69 Å². The summed E-state index contributed by atoms with van der Waals surface area (Å²) in [5, 5.41) is 8.90. The van der Waals surface area contributed by atoms with Crippen LogP contribution in [-0.4, -0.2) is 15.8 Å². The fourth-order valence-electron chi connectivity index (χ4n) is 1.15. The third-order valence-corrected chi connectivity index (χ3v) is 2.90. The normalized spacial score (nSPS) is 11.4. The second kappa shape index (κ2) is 4.14. The number of carbonyl (C=O) groups is 1. The molecule has 0 heterocycles. The monoisotopic (exact) mass is 225 g/mol. The van der Waals surface area contributed by atoms with Gasteiger partial charge < -0.3 is 10.8 Å². The van der Waals surface area contributed by atoms with Crippen LogP contribution in [0.5, 0.6) is 0 Å². The largest absolute Gasteiger partial charge is 0.478 e. The van der Waals surface area contributed by atoms with E-state index in [9.17, 15) is 4.79 Å². The Labute approximate surface area is 93.7 Å². The van der Waals surface area contributed by atoms with Crippen LogP contribution in [0.15, 0.2) is 23.1 Å². The minimum absolute atomic E-state index is 0.0191. The van der Waals surface area contributed by atoms with E-state index < -0.39 is 5.97 Å². The van der Waals surface area contributed by atoms with Crippen LogP contribution in [0.2, 0.25) is 0 Å². The lowest BCUT2D eigenvalue weighted by Crippen LogP contribution is -2.09. The van der Waals surface area contributed by atoms with Gasteiger partial charge in [0.25, 0.3) is 0 Å². The number of carboxylic acids is 1. The van der Waals surface area contributed by atoms with Crippen LogP contribution in [0.4, 0.5) is 5.69 Å². The maximum absolute atomic E-state index is 10.9. The fraction of sp³-hybridized carbons (Fsp3) is 0.364. The van der Waals surface area contributed by atoms with Gasteiger partial charge in [-0.25, -0.2) is 4.79 Å². The number of para-hydroxylation sites is 1. The number of hydrogen-bond donors (Lipinski definition) is 2. The lowest BCUT2D eigenvalue weighted by atomic mass is 10.2. The van der Waals surface area contributed by atoms with Gasteiger partial charge in [-0.3, -0.25) is 0 Å². The topological polar surface area (TPSA) is 63.3 Å². The summed E-state index contributed by atoms with van der Waals surface area (Å²) in [5.74, 6) is -0.983. The third-order valence-electron chi connectivity index (χ3n) is 1.71. The van der Waals surface area contributed by atoms with Gasteiger partial charge in [-0.1, -0.05) is 26.8 Å². The van der Waals surface area contributed by atoms with Crippen molar-refractivity contribution in [2.45, 2.75) is 30.4 Å². The second-order valence-electron chi connectivity index (χ2n) is 4.24. The molecule has 0 spiro atoms. The molecule has 0 bridgehead atoms. The molecule has 3 nitrogen and oxygen atoms in total. The Balaban J connectivity index is 3.10. The van der Waals surface area contributed by atoms with E-state index in [1.54, 1.807) is 17.8 Å². The Hall–Kier alpha value is -1.16. The van der Waals surface area contributed by atoms with Crippen LogP contribution in [-0.2, 0) is 0 Å². The van der Waals surface area contributed by atoms with Gasteiger partial charge in [0.05, 0.1) is 11.3 Å². The summed E-state index contributed by atoms with van der Waals surface area (Å²) in [5.41, 5.74) is 6.31. The van der Waals surface area contributed by atoms with Crippen molar-refractivity contribution in [1.29, 1.82) is 0 Å². The highest BCUT2D eigenvalue weighted by Crippen LogP contribution is 2.36. The van der Waals surface area contributed by atoms with E-state index in [4.69, 9.17) is 10.8 Å². The Morgan fingerprint density at radius 1 is 1.40 bits per heavy atom. The zero-order valence-corrected chi connectivity index (χ0v) is 9.89. The number of anilines is 1. The van der Waals surface area contributed by atoms with Crippen molar-refractivity contribution in [2.75, 3.05) is 5.73 Å². The first-order valence-electron chi connectivity index (χ1n) is 4.62. The van der Waals surface area contributed by atoms with E-state index in [-0.39, 0.29) is 10.3 Å². The molecule has 4 heteroatoms. The van der Waals surface area contributed by atoms with Gasteiger partial charge in [-0.05, 0) is 12.1 Å². The first-order chi connectivity index (χ1) is 6.81. The van der Waals surface area contributed by atoms with Crippen LogP contribution in [0.3, 0.4) is 0 Å². The van der Waals surface area contributed by atoms with E-state index in [2.05, 4.69) is 20.8 Å². The van der Waals surface area contributed by atoms with Crippen molar-refractivity contribution in [3.8, 4) is 0 Å². The SMILES string of the molecule is CC(C)(C)Sc1cccc(C(=O)O)c1N. The first-order valence-corrected chi connectivity index (χ1v) is 5.44. The van der Waals surface area contributed by atoms with Crippen molar-refractivity contribution in [1.82, 2.24) is 0 Å². The first kappa shape index (κ1) is 11.9. The van der Waals surface area contributed by atoms with Crippen molar-refractivity contribution >= 4 is 23.4 Å². The summed E-state index contributed by atoms with van der Waals surface area (Å²) >= 11 is 1.57.